The van der Waals surface area contributed by atoms with Crippen molar-refractivity contribution in [1.29, 1.82) is 0 Å². The van der Waals surface area contributed by atoms with Crippen LogP contribution in [0.2, 0.25) is 18.1 Å². The highest BCUT2D eigenvalue weighted by atomic mass is 28.4. The van der Waals surface area contributed by atoms with Crippen molar-refractivity contribution in [2.24, 2.45) is 0 Å². The Bertz CT molecular complexity index is 954. The van der Waals surface area contributed by atoms with Gasteiger partial charge in [-0.1, -0.05) is 45.0 Å². The monoisotopic (exact) mass is 450 g/mol. The second kappa shape index (κ2) is 8.39. The van der Waals surface area contributed by atoms with Gasteiger partial charge in [0.1, 0.15) is 5.82 Å². The molecule has 1 aliphatic rings. The molecule has 2 heterocycles. The lowest BCUT2D eigenvalue weighted by Crippen LogP contribution is -2.43. The van der Waals surface area contributed by atoms with E-state index in [4.69, 9.17) is 4.43 Å². The third kappa shape index (κ3) is 5.01. The molecule has 8 heteroatoms. The van der Waals surface area contributed by atoms with Crippen LogP contribution in [0.4, 0.5) is 19.0 Å². The summed E-state index contributed by atoms with van der Waals surface area (Å²) in [5.74, 6) is 0.306. The van der Waals surface area contributed by atoms with E-state index in [1.54, 1.807) is 17.2 Å². The Kier molecular flexibility index (Phi) is 6.35. The lowest BCUT2D eigenvalue weighted by molar-refractivity contribution is -0.139. The van der Waals surface area contributed by atoms with Gasteiger partial charge in [0.2, 0.25) is 5.91 Å². The number of pyridine rings is 1. The summed E-state index contributed by atoms with van der Waals surface area (Å²) in [6.07, 6.45) is -3.39. The number of alkyl halides is 3. The minimum absolute atomic E-state index is 0.00798. The Balaban J connectivity index is 1.97. The molecule has 1 aliphatic heterocycles. The van der Waals surface area contributed by atoms with E-state index in [0.717, 1.165) is 11.6 Å². The highest BCUT2D eigenvalue weighted by Gasteiger charge is 2.43. The van der Waals surface area contributed by atoms with E-state index in [1.165, 1.54) is 12.1 Å². The van der Waals surface area contributed by atoms with E-state index in [0.29, 0.717) is 18.8 Å². The van der Waals surface area contributed by atoms with Crippen LogP contribution in [-0.2, 0) is 21.8 Å². The Morgan fingerprint density at radius 1 is 1.16 bits per heavy atom. The summed E-state index contributed by atoms with van der Waals surface area (Å²) in [6.45, 7) is 10.5. The van der Waals surface area contributed by atoms with E-state index in [-0.39, 0.29) is 22.9 Å². The fraction of sp³-hybridized carbons (Fsp3) is 0.478. The number of halogens is 3. The van der Waals surface area contributed by atoms with E-state index >= 15 is 0 Å². The van der Waals surface area contributed by atoms with Gasteiger partial charge in [-0.15, -0.1) is 0 Å². The summed E-state index contributed by atoms with van der Waals surface area (Å²) in [4.78, 5) is 19.1. The van der Waals surface area contributed by atoms with Gasteiger partial charge in [-0.05, 0) is 47.8 Å². The number of aromatic nitrogens is 1. The number of amides is 1. The van der Waals surface area contributed by atoms with Crippen molar-refractivity contribution in [3.05, 3.63) is 59.3 Å². The maximum absolute atomic E-state index is 13.8. The SMILES string of the molecule is CC(C)(C)[Si](C)(C)O[C@@H](CC(=O)N1CCc2cccnc21)c1ccccc1C(F)(F)F. The Morgan fingerprint density at radius 3 is 2.48 bits per heavy atom. The zero-order valence-corrected chi connectivity index (χ0v) is 19.6. The standard InChI is InChI=1S/C23H29F3N2O2Si/c1-22(2,3)31(4,5)30-19(17-10-6-7-11-18(17)23(24,25)26)15-20(29)28-14-12-16-9-8-13-27-21(16)28/h6-11,13,19H,12,14-15H2,1-5H3/t19-/m0/s1. The summed E-state index contributed by atoms with van der Waals surface area (Å²) < 4.78 is 47.7. The summed E-state index contributed by atoms with van der Waals surface area (Å²) in [5, 5.41) is -0.219. The Morgan fingerprint density at radius 2 is 1.84 bits per heavy atom. The first kappa shape index (κ1) is 23.5. The van der Waals surface area contributed by atoms with Crippen molar-refractivity contribution in [2.45, 2.75) is 64.0 Å². The zero-order valence-electron chi connectivity index (χ0n) is 18.6. The van der Waals surface area contributed by atoms with Gasteiger partial charge in [-0.3, -0.25) is 9.69 Å². The maximum Gasteiger partial charge on any atom is 0.416 e. The number of carbonyl (C=O) groups is 1. The third-order valence-corrected chi connectivity index (χ3v) is 10.7. The third-order valence-electron chi connectivity index (χ3n) is 6.25. The number of anilines is 1. The van der Waals surface area contributed by atoms with Crippen molar-refractivity contribution >= 4 is 20.0 Å². The van der Waals surface area contributed by atoms with Gasteiger partial charge < -0.3 is 4.43 Å². The van der Waals surface area contributed by atoms with Crippen molar-refractivity contribution in [1.82, 2.24) is 4.98 Å². The maximum atomic E-state index is 13.8. The van der Waals surface area contributed by atoms with Gasteiger partial charge >= 0.3 is 6.18 Å². The molecule has 0 saturated carbocycles. The molecule has 0 radical (unpaired) electrons. The zero-order chi connectivity index (χ0) is 23.0. The van der Waals surface area contributed by atoms with Crippen LogP contribution in [0.5, 0.6) is 0 Å². The average molecular weight is 451 g/mol. The molecule has 0 saturated heterocycles. The first-order valence-corrected chi connectivity index (χ1v) is 13.3. The van der Waals surface area contributed by atoms with Crippen LogP contribution in [0.15, 0.2) is 42.6 Å². The van der Waals surface area contributed by atoms with Crippen molar-refractivity contribution in [2.75, 3.05) is 11.4 Å². The van der Waals surface area contributed by atoms with Crippen molar-refractivity contribution in [3.63, 3.8) is 0 Å². The van der Waals surface area contributed by atoms with Gasteiger partial charge in [0.25, 0.3) is 0 Å². The first-order valence-electron chi connectivity index (χ1n) is 10.4. The number of fused-ring (bicyclic) bond motifs is 1. The molecular formula is C23H29F3N2O2Si. The molecular weight excluding hydrogens is 421 g/mol. The number of rotatable bonds is 5. The Hall–Kier alpha value is -2.19. The lowest BCUT2D eigenvalue weighted by atomic mass is 9.99. The first-order chi connectivity index (χ1) is 14.3. The van der Waals surface area contributed by atoms with Gasteiger partial charge in [0, 0.05) is 12.7 Å². The molecule has 0 unspecified atom stereocenters. The van der Waals surface area contributed by atoms with Crippen LogP contribution < -0.4 is 4.90 Å². The lowest BCUT2D eigenvalue weighted by Gasteiger charge is -2.40. The number of benzene rings is 1. The van der Waals surface area contributed by atoms with Crippen LogP contribution in [0, 0.1) is 0 Å². The largest absolute Gasteiger partial charge is 0.416 e. The van der Waals surface area contributed by atoms with Crippen LogP contribution in [0.1, 0.15) is 50.0 Å². The fourth-order valence-electron chi connectivity index (χ4n) is 3.50. The minimum atomic E-state index is -4.53. The normalized spacial score (nSPS) is 15.7. The molecule has 168 valence electrons. The van der Waals surface area contributed by atoms with Crippen LogP contribution in [0.25, 0.3) is 0 Å². The topological polar surface area (TPSA) is 42.4 Å². The predicted molar refractivity (Wildman–Crippen MR) is 117 cm³/mol. The van der Waals surface area contributed by atoms with Crippen molar-refractivity contribution < 1.29 is 22.4 Å². The Labute approximate surface area is 182 Å². The smallest absolute Gasteiger partial charge is 0.409 e. The molecule has 0 spiro atoms. The van der Waals surface area contributed by atoms with E-state index < -0.39 is 26.2 Å². The number of nitrogens with zero attached hydrogens (tertiary/aromatic N) is 2. The second-order valence-electron chi connectivity index (χ2n) is 9.44. The molecule has 0 N–H and O–H groups in total. The van der Waals surface area contributed by atoms with Crippen LogP contribution in [-0.4, -0.2) is 25.8 Å². The molecule has 1 aromatic heterocycles. The number of hydrogen-bond acceptors (Lipinski definition) is 3. The molecule has 0 aliphatic carbocycles. The molecule has 3 rings (SSSR count). The van der Waals surface area contributed by atoms with E-state index in [1.807, 2.05) is 46.0 Å². The molecule has 31 heavy (non-hydrogen) atoms. The molecule has 4 nitrogen and oxygen atoms in total. The minimum Gasteiger partial charge on any atom is -0.409 e. The molecule has 0 bridgehead atoms. The summed E-state index contributed by atoms with van der Waals surface area (Å²) in [6, 6.07) is 9.12. The summed E-state index contributed by atoms with van der Waals surface area (Å²) >= 11 is 0. The molecule has 1 aromatic carbocycles. The molecule has 1 amide bonds. The van der Waals surface area contributed by atoms with Crippen molar-refractivity contribution in [3.8, 4) is 0 Å². The summed E-state index contributed by atoms with van der Waals surface area (Å²) in [7, 11) is -2.46. The quantitative estimate of drug-likeness (QED) is 0.514. The summed E-state index contributed by atoms with van der Waals surface area (Å²) in [5.41, 5.74) is 0.216. The van der Waals surface area contributed by atoms with Gasteiger partial charge in [0.05, 0.1) is 18.1 Å². The van der Waals surface area contributed by atoms with Crippen LogP contribution in [0.3, 0.4) is 0 Å². The highest BCUT2D eigenvalue weighted by Crippen LogP contribution is 2.43. The molecule has 2 aromatic rings. The predicted octanol–water partition coefficient (Wildman–Crippen LogP) is 6.14. The average Bonchev–Trinajstić information content (AvgIpc) is 3.10. The van der Waals surface area contributed by atoms with E-state index in [2.05, 4.69) is 4.98 Å². The molecule has 0 fully saturated rings. The fourth-order valence-corrected chi connectivity index (χ4v) is 4.78. The van der Waals surface area contributed by atoms with Gasteiger partial charge in [-0.2, -0.15) is 13.2 Å². The second-order valence-corrected chi connectivity index (χ2v) is 14.2. The van der Waals surface area contributed by atoms with Gasteiger partial charge in [-0.25, -0.2) is 4.98 Å². The highest BCUT2D eigenvalue weighted by molar-refractivity contribution is 6.74. The number of hydrogen-bond donors (Lipinski definition) is 0. The number of carbonyl (C=O) groups excluding carboxylic acids is 1. The molecule has 1 atom stereocenters. The van der Waals surface area contributed by atoms with Gasteiger partial charge in [0.15, 0.2) is 8.32 Å². The van der Waals surface area contributed by atoms with Crippen LogP contribution >= 0.6 is 0 Å². The van der Waals surface area contributed by atoms with E-state index in [9.17, 15) is 18.0 Å².